The van der Waals surface area contributed by atoms with Gasteiger partial charge >= 0.3 is 29.9 Å². The van der Waals surface area contributed by atoms with Crippen LogP contribution in [0.5, 0.6) is 0 Å². The Bertz CT molecular complexity index is 465. The van der Waals surface area contributed by atoms with Gasteiger partial charge in [0, 0.05) is 19.6 Å². The fourth-order valence-corrected chi connectivity index (χ4v) is 1.80. The van der Waals surface area contributed by atoms with Gasteiger partial charge in [0.15, 0.2) is 0 Å². The summed E-state index contributed by atoms with van der Waals surface area (Å²) in [6.07, 6.45) is -9.64. The minimum Gasteiger partial charge on any atom is -0.465 e. The van der Waals surface area contributed by atoms with Crippen LogP contribution in [0.3, 0.4) is 0 Å². The Labute approximate surface area is 147 Å². The van der Waals surface area contributed by atoms with E-state index < -0.39 is 49.4 Å². The van der Waals surface area contributed by atoms with E-state index in [1.165, 1.54) is 4.90 Å². The molecule has 162 valence electrons. The molecule has 27 heavy (non-hydrogen) atoms. The number of esters is 1. The number of halogens is 9. The molecular weight excluding hydrogens is 405 g/mol. The van der Waals surface area contributed by atoms with Crippen LogP contribution in [-0.2, 0) is 9.53 Å². The molecule has 0 aromatic heterocycles. The molecule has 0 bridgehead atoms. The molecule has 0 aliphatic carbocycles. The van der Waals surface area contributed by atoms with E-state index in [1.54, 1.807) is 0 Å². The van der Waals surface area contributed by atoms with Crippen molar-refractivity contribution in [2.75, 3.05) is 39.5 Å². The third-order valence-corrected chi connectivity index (χ3v) is 3.35. The van der Waals surface area contributed by atoms with Crippen LogP contribution >= 0.6 is 0 Å². The van der Waals surface area contributed by atoms with Crippen molar-refractivity contribution in [2.45, 2.75) is 36.8 Å². The van der Waals surface area contributed by atoms with Crippen molar-refractivity contribution in [1.29, 1.82) is 0 Å². The first kappa shape index (κ1) is 25.7. The number of aliphatic hydroxyl groups excluding tert-OH is 2. The topological polar surface area (TPSA) is 70.0 Å². The normalized spacial score (nSPS) is 13.9. The zero-order valence-corrected chi connectivity index (χ0v) is 13.7. The highest BCUT2D eigenvalue weighted by atomic mass is 19.4. The summed E-state index contributed by atoms with van der Waals surface area (Å²) in [6.45, 7) is -2.20. The van der Waals surface area contributed by atoms with E-state index >= 15 is 0 Å². The second-order valence-electron chi connectivity index (χ2n) is 5.36. The lowest BCUT2D eigenvalue weighted by Crippen LogP contribution is -2.61. The first-order valence-corrected chi connectivity index (χ1v) is 7.44. The van der Waals surface area contributed by atoms with Crippen molar-refractivity contribution in [1.82, 2.24) is 4.90 Å². The van der Waals surface area contributed by atoms with E-state index in [1.807, 2.05) is 0 Å². The number of alkyl halides is 9. The third kappa shape index (κ3) is 6.68. The minimum absolute atomic E-state index is 0.0463. The van der Waals surface area contributed by atoms with Crippen molar-refractivity contribution < 1.29 is 59.3 Å². The summed E-state index contributed by atoms with van der Waals surface area (Å²) in [5.41, 5.74) is 0. The Morgan fingerprint density at radius 3 is 1.70 bits per heavy atom. The number of hydrogen-bond donors (Lipinski definition) is 2. The summed E-state index contributed by atoms with van der Waals surface area (Å²) in [4.78, 5) is 12.7. The number of carbonyl (C=O) groups is 1. The number of carbonyl (C=O) groups excluding carboxylic acids is 1. The Balaban J connectivity index is 4.67. The van der Waals surface area contributed by atoms with Crippen molar-refractivity contribution in [3.8, 4) is 0 Å². The van der Waals surface area contributed by atoms with Crippen LogP contribution in [0, 0.1) is 0 Å². The summed E-state index contributed by atoms with van der Waals surface area (Å²) in [6, 6.07) is 0. The van der Waals surface area contributed by atoms with E-state index in [4.69, 9.17) is 10.2 Å². The Hall–Kier alpha value is -1.28. The second-order valence-corrected chi connectivity index (χ2v) is 5.36. The van der Waals surface area contributed by atoms with Crippen molar-refractivity contribution in [3.63, 3.8) is 0 Å². The highest BCUT2D eigenvalue weighted by molar-refractivity contribution is 5.69. The predicted molar refractivity (Wildman–Crippen MR) is 71.7 cm³/mol. The van der Waals surface area contributed by atoms with Gasteiger partial charge in [0.1, 0.15) is 0 Å². The molecule has 0 saturated heterocycles. The Morgan fingerprint density at radius 2 is 1.30 bits per heavy atom. The largest absolute Gasteiger partial charge is 0.465 e. The summed E-state index contributed by atoms with van der Waals surface area (Å²) in [5, 5.41) is 17.4. The van der Waals surface area contributed by atoms with Gasteiger partial charge in [-0.15, -0.1) is 0 Å². The molecule has 14 heteroatoms. The lowest BCUT2D eigenvalue weighted by molar-refractivity contribution is -0.397. The summed E-state index contributed by atoms with van der Waals surface area (Å²) in [5.74, 6) is -20.7. The Morgan fingerprint density at radius 1 is 0.815 bits per heavy atom. The first-order chi connectivity index (χ1) is 12.1. The summed E-state index contributed by atoms with van der Waals surface area (Å²) >= 11 is 0. The van der Waals surface area contributed by atoms with E-state index in [0.29, 0.717) is 0 Å². The van der Waals surface area contributed by atoms with Gasteiger partial charge in [-0.1, -0.05) is 0 Å². The number of aliphatic hydroxyl groups is 2. The number of nitrogens with zero attached hydrogens (tertiary/aromatic N) is 1. The fourth-order valence-electron chi connectivity index (χ4n) is 1.80. The third-order valence-electron chi connectivity index (χ3n) is 3.35. The van der Waals surface area contributed by atoms with Crippen LogP contribution in [0.2, 0.25) is 0 Å². The molecule has 0 spiro atoms. The highest BCUT2D eigenvalue weighted by Gasteiger charge is 2.81. The maximum Gasteiger partial charge on any atom is 0.460 e. The zero-order valence-electron chi connectivity index (χ0n) is 13.7. The van der Waals surface area contributed by atoms with Crippen molar-refractivity contribution in [2.24, 2.45) is 0 Å². The molecule has 0 fully saturated rings. The van der Waals surface area contributed by atoms with Crippen LogP contribution in [0.1, 0.15) is 12.8 Å². The Kier molecular flexibility index (Phi) is 9.31. The van der Waals surface area contributed by atoms with Gasteiger partial charge < -0.3 is 14.9 Å². The average Bonchev–Trinajstić information content (AvgIpc) is 2.51. The summed E-state index contributed by atoms with van der Waals surface area (Å²) in [7, 11) is 0. The maximum atomic E-state index is 13.2. The number of hydrogen-bond acceptors (Lipinski definition) is 5. The molecule has 0 aliphatic heterocycles. The molecule has 0 rings (SSSR count). The standard InChI is InChI=1S/C13H18F9NO4/c14-10(15,11(16,17)12(18,19)13(20,21)22)2-8-27-9(26)1-3-23(4-6-24)5-7-25/h24-25H,1-8H2. The fraction of sp³-hybridized carbons (Fsp3) is 0.923. The predicted octanol–water partition coefficient (Wildman–Crippen LogP) is 2.06. The van der Waals surface area contributed by atoms with E-state index in [2.05, 4.69) is 4.74 Å². The van der Waals surface area contributed by atoms with Gasteiger partial charge in [-0.25, -0.2) is 0 Å². The molecule has 0 unspecified atom stereocenters. The molecule has 0 atom stereocenters. The summed E-state index contributed by atoms with van der Waals surface area (Å²) < 4.78 is 118. The molecule has 0 aromatic rings. The number of ether oxygens (including phenoxy) is 1. The molecule has 0 radical (unpaired) electrons. The lowest BCUT2D eigenvalue weighted by atomic mass is 10.0. The van der Waals surface area contributed by atoms with Crippen LogP contribution in [0.4, 0.5) is 39.5 Å². The van der Waals surface area contributed by atoms with Crippen LogP contribution in [0.25, 0.3) is 0 Å². The quantitative estimate of drug-likeness (QED) is 0.372. The SMILES string of the molecule is O=C(CCN(CCO)CCO)OCCC(F)(F)C(F)(F)C(F)(F)C(F)(F)F. The second kappa shape index (κ2) is 9.78. The molecular formula is C13H18F9NO4. The number of rotatable bonds is 12. The highest BCUT2D eigenvalue weighted by Crippen LogP contribution is 2.53. The lowest BCUT2D eigenvalue weighted by Gasteiger charge is -2.33. The molecule has 5 nitrogen and oxygen atoms in total. The smallest absolute Gasteiger partial charge is 0.460 e. The first-order valence-electron chi connectivity index (χ1n) is 7.44. The van der Waals surface area contributed by atoms with Gasteiger partial charge in [-0.2, -0.15) is 39.5 Å². The van der Waals surface area contributed by atoms with Crippen molar-refractivity contribution >= 4 is 5.97 Å². The van der Waals surface area contributed by atoms with Gasteiger partial charge in [0.05, 0.1) is 32.7 Å². The zero-order chi connectivity index (χ0) is 21.5. The average molecular weight is 423 g/mol. The molecule has 0 saturated carbocycles. The molecule has 0 amide bonds. The van der Waals surface area contributed by atoms with E-state index in [0.717, 1.165) is 0 Å². The molecule has 0 heterocycles. The van der Waals surface area contributed by atoms with Crippen LogP contribution in [-0.4, -0.2) is 84.5 Å². The molecule has 0 aliphatic rings. The monoisotopic (exact) mass is 423 g/mol. The van der Waals surface area contributed by atoms with Gasteiger partial charge in [-0.3, -0.25) is 9.69 Å². The molecule has 2 N–H and O–H groups in total. The van der Waals surface area contributed by atoms with Crippen LogP contribution in [0.15, 0.2) is 0 Å². The van der Waals surface area contributed by atoms with Gasteiger partial charge in [0.2, 0.25) is 0 Å². The van der Waals surface area contributed by atoms with Gasteiger partial charge in [-0.05, 0) is 0 Å². The van der Waals surface area contributed by atoms with Gasteiger partial charge in [0.25, 0.3) is 0 Å². The molecule has 0 aromatic carbocycles. The van der Waals surface area contributed by atoms with E-state index in [9.17, 15) is 44.3 Å². The minimum atomic E-state index is -6.98. The van der Waals surface area contributed by atoms with Crippen LogP contribution < -0.4 is 0 Å². The maximum absolute atomic E-state index is 13.2. The van der Waals surface area contributed by atoms with E-state index in [-0.39, 0.29) is 32.8 Å². The van der Waals surface area contributed by atoms with Crippen molar-refractivity contribution in [3.05, 3.63) is 0 Å².